The highest BCUT2D eigenvalue weighted by molar-refractivity contribution is 5.56. The van der Waals surface area contributed by atoms with Crippen molar-refractivity contribution in [2.45, 2.75) is 59.5 Å². The van der Waals surface area contributed by atoms with Gasteiger partial charge in [0.05, 0.1) is 0 Å². The Kier molecular flexibility index (Phi) is 5.67. The van der Waals surface area contributed by atoms with Crippen molar-refractivity contribution < 1.29 is 0 Å². The van der Waals surface area contributed by atoms with E-state index in [1.165, 1.54) is 16.8 Å². The fraction of sp³-hybridized carbons (Fsp3) is 0.625. The van der Waals surface area contributed by atoms with Gasteiger partial charge in [-0.15, -0.1) is 0 Å². The van der Waals surface area contributed by atoms with Gasteiger partial charge >= 0.3 is 0 Å². The molecule has 102 valence electrons. The minimum absolute atomic E-state index is 0.261. The first kappa shape index (κ1) is 15.0. The molecule has 2 heteroatoms. The molecule has 1 aromatic rings. The zero-order valence-corrected chi connectivity index (χ0v) is 12.5. The Hall–Kier alpha value is -1.02. The average Bonchev–Trinajstić information content (AvgIpc) is 2.32. The van der Waals surface area contributed by atoms with Crippen molar-refractivity contribution in [2.75, 3.05) is 11.4 Å². The van der Waals surface area contributed by atoms with Crippen LogP contribution in [0, 0.1) is 6.92 Å². The topological polar surface area (TPSA) is 29.3 Å². The summed E-state index contributed by atoms with van der Waals surface area (Å²) in [5, 5.41) is 0. The van der Waals surface area contributed by atoms with Gasteiger partial charge in [0.25, 0.3) is 0 Å². The molecule has 0 bridgehead atoms. The molecular weight excluding hydrogens is 220 g/mol. The van der Waals surface area contributed by atoms with Crippen LogP contribution in [0.25, 0.3) is 0 Å². The van der Waals surface area contributed by atoms with Crippen LogP contribution in [0.1, 0.15) is 45.2 Å². The SMILES string of the molecule is CCC(N)Cc1cc(C)ccc1N(CC)C(C)C. The lowest BCUT2D eigenvalue weighted by Gasteiger charge is -2.30. The Morgan fingerprint density at radius 3 is 2.39 bits per heavy atom. The van der Waals surface area contributed by atoms with Crippen molar-refractivity contribution in [3.8, 4) is 0 Å². The summed E-state index contributed by atoms with van der Waals surface area (Å²) in [4.78, 5) is 2.44. The number of aryl methyl sites for hydroxylation is 1. The lowest BCUT2D eigenvalue weighted by Crippen LogP contribution is -2.32. The van der Waals surface area contributed by atoms with Crippen LogP contribution < -0.4 is 10.6 Å². The minimum atomic E-state index is 0.261. The number of anilines is 1. The average molecular weight is 248 g/mol. The summed E-state index contributed by atoms with van der Waals surface area (Å²) < 4.78 is 0. The first-order valence-electron chi connectivity index (χ1n) is 7.11. The number of hydrogen-bond donors (Lipinski definition) is 1. The minimum Gasteiger partial charge on any atom is -0.369 e. The van der Waals surface area contributed by atoms with E-state index in [0.29, 0.717) is 6.04 Å². The van der Waals surface area contributed by atoms with Crippen LogP contribution in [0.4, 0.5) is 5.69 Å². The Morgan fingerprint density at radius 2 is 1.89 bits per heavy atom. The fourth-order valence-corrected chi connectivity index (χ4v) is 2.40. The molecule has 0 saturated heterocycles. The highest BCUT2D eigenvalue weighted by atomic mass is 15.1. The van der Waals surface area contributed by atoms with E-state index >= 15 is 0 Å². The summed E-state index contributed by atoms with van der Waals surface area (Å²) in [6.45, 7) is 12.0. The van der Waals surface area contributed by atoms with Crippen LogP contribution in [-0.4, -0.2) is 18.6 Å². The molecule has 0 aliphatic rings. The molecule has 0 spiro atoms. The molecule has 2 N–H and O–H groups in total. The summed E-state index contributed by atoms with van der Waals surface area (Å²) in [7, 11) is 0. The van der Waals surface area contributed by atoms with Crippen molar-refractivity contribution >= 4 is 5.69 Å². The molecule has 18 heavy (non-hydrogen) atoms. The molecule has 1 rings (SSSR count). The summed E-state index contributed by atoms with van der Waals surface area (Å²) in [6.07, 6.45) is 2.00. The molecule has 0 aromatic heterocycles. The van der Waals surface area contributed by atoms with Crippen molar-refractivity contribution in [3.05, 3.63) is 29.3 Å². The van der Waals surface area contributed by atoms with E-state index in [0.717, 1.165) is 19.4 Å². The van der Waals surface area contributed by atoms with Gasteiger partial charge in [-0.05, 0) is 52.2 Å². The van der Waals surface area contributed by atoms with E-state index in [1.807, 2.05) is 0 Å². The smallest absolute Gasteiger partial charge is 0.0401 e. The molecule has 0 heterocycles. The van der Waals surface area contributed by atoms with Crippen molar-refractivity contribution in [2.24, 2.45) is 5.73 Å². The lowest BCUT2D eigenvalue weighted by atomic mass is 9.99. The maximum absolute atomic E-state index is 6.12. The standard InChI is InChI=1S/C16H28N2/c1-6-15(17)11-14-10-13(5)8-9-16(14)18(7-2)12(3)4/h8-10,12,15H,6-7,11,17H2,1-5H3. The molecule has 0 aliphatic carbocycles. The summed E-state index contributed by atoms with van der Waals surface area (Å²) in [6, 6.07) is 7.51. The van der Waals surface area contributed by atoms with E-state index < -0.39 is 0 Å². The van der Waals surface area contributed by atoms with E-state index in [-0.39, 0.29) is 6.04 Å². The monoisotopic (exact) mass is 248 g/mol. The first-order valence-corrected chi connectivity index (χ1v) is 7.11. The highest BCUT2D eigenvalue weighted by Gasteiger charge is 2.14. The summed E-state index contributed by atoms with van der Waals surface area (Å²) in [5.74, 6) is 0. The molecule has 0 aliphatic heterocycles. The number of benzene rings is 1. The Labute approximate surface area is 112 Å². The second kappa shape index (κ2) is 6.79. The number of nitrogens with two attached hydrogens (primary N) is 1. The molecular formula is C16H28N2. The van der Waals surface area contributed by atoms with Crippen LogP contribution >= 0.6 is 0 Å². The molecule has 1 unspecified atom stereocenters. The summed E-state index contributed by atoms with van der Waals surface area (Å²) in [5.41, 5.74) is 10.2. The van der Waals surface area contributed by atoms with Gasteiger partial charge in [-0.1, -0.05) is 24.6 Å². The molecule has 0 radical (unpaired) electrons. The largest absolute Gasteiger partial charge is 0.369 e. The van der Waals surface area contributed by atoms with Gasteiger partial charge in [-0.3, -0.25) is 0 Å². The van der Waals surface area contributed by atoms with Crippen LogP contribution in [0.3, 0.4) is 0 Å². The number of hydrogen-bond acceptors (Lipinski definition) is 2. The van der Waals surface area contributed by atoms with Crippen LogP contribution in [0.2, 0.25) is 0 Å². The quantitative estimate of drug-likeness (QED) is 0.834. The molecule has 0 saturated carbocycles. The molecule has 0 fully saturated rings. The Bertz CT molecular complexity index is 371. The van der Waals surface area contributed by atoms with Gasteiger partial charge in [0, 0.05) is 24.3 Å². The highest BCUT2D eigenvalue weighted by Crippen LogP contribution is 2.25. The second-order valence-electron chi connectivity index (χ2n) is 5.38. The third-order valence-corrected chi connectivity index (χ3v) is 3.51. The van der Waals surface area contributed by atoms with E-state index in [4.69, 9.17) is 5.73 Å². The van der Waals surface area contributed by atoms with Gasteiger partial charge in [-0.25, -0.2) is 0 Å². The van der Waals surface area contributed by atoms with E-state index in [1.54, 1.807) is 0 Å². The summed E-state index contributed by atoms with van der Waals surface area (Å²) >= 11 is 0. The third-order valence-electron chi connectivity index (χ3n) is 3.51. The van der Waals surface area contributed by atoms with Gasteiger partial charge in [0.1, 0.15) is 0 Å². The first-order chi connectivity index (χ1) is 8.49. The van der Waals surface area contributed by atoms with E-state index in [2.05, 4.69) is 57.7 Å². The normalized spacial score (nSPS) is 12.8. The zero-order chi connectivity index (χ0) is 13.7. The van der Waals surface area contributed by atoms with E-state index in [9.17, 15) is 0 Å². The molecule has 1 aromatic carbocycles. The molecule has 0 amide bonds. The Morgan fingerprint density at radius 1 is 1.22 bits per heavy atom. The lowest BCUT2D eigenvalue weighted by molar-refractivity contribution is 0.638. The van der Waals surface area contributed by atoms with Gasteiger partial charge in [-0.2, -0.15) is 0 Å². The van der Waals surface area contributed by atoms with Gasteiger partial charge in [0.15, 0.2) is 0 Å². The van der Waals surface area contributed by atoms with Crippen LogP contribution in [0.5, 0.6) is 0 Å². The Balaban J connectivity index is 3.09. The third kappa shape index (κ3) is 3.74. The van der Waals surface area contributed by atoms with Gasteiger partial charge < -0.3 is 10.6 Å². The van der Waals surface area contributed by atoms with Crippen molar-refractivity contribution in [1.29, 1.82) is 0 Å². The molecule has 1 atom stereocenters. The van der Waals surface area contributed by atoms with Crippen molar-refractivity contribution in [3.63, 3.8) is 0 Å². The molecule has 2 nitrogen and oxygen atoms in total. The van der Waals surface area contributed by atoms with Crippen molar-refractivity contribution in [1.82, 2.24) is 0 Å². The fourth-order valence-electron chi connectivity index (χ4n) is 2.40. The number of rotatable bonds is 6. The zero-order valence-electron chi connectivity index (χ0n) is 12.5. The predicted molar refractivity (Wildman–Crippen MR) is 81.3 cm³/mol. The van der Waals surface area contributed by atoms with Crippen LogP contribution in [-0.2, 0) is 6.42 Å². The van der Waals surface area contributed by atoms with Gasteiger partial charge in [0.2, 0.25) is 0 Å². The second-order valence-corrected chi connectivity index (χ2v) is 5.38. The maximum Gasteiger partial charge on any atom is 0.0401 e. The maximum atomic E-state index is 6.12. The predicted octanol–water partition coefficient (Wildman–Crippen LogP) is 3.51. The van der Waals surface area contributed by atoms with Crippen LogP contribution in [0.15, 0.2) is 18.2 Å². The number of nitrogens with zero attached hydrogens (tertiary/aromatic N) is 1.